The zero-order chi connectivity index (χ0) is 19.1. The second-order valence-electron chi connectivity index (χ2n) is 5.91. The van der Waals surface area contributed by atoms with Crippen LogP contribution in [0.1, 0.15) is 17.5 Å². The molecule has 0 spiro atoms. The standard InChI is InChI=1S/C20H26N2O4/c1-13-7-6-8-14(2)19(13)21-10-9-18(23)22-15-11-16(24-3)20(26-5)17(12-15)25-4/h6-8,11-12,21H,9-10H2,1-5H3,(H,22,23). The normalized spacial score (nSPS) is 10.2. The first-order valence-corrected chi connectivity index (χ1v) is 8.40. The summed E-state index contributed by atoms with van der Waals surface area (Å²) < 4.78 is 15.9. The minimum atomic E-state index is -0.0991. The van der Waals surface area contributed by atoms with E-state index in [0.29, 0.717) is 35.9 Å². The van der Waals surface area contributed by atoms with E-state index in [2.05, 4.69) is 10.6 Å². The third-order valence-corrected chi connectivity index (χ3v) is 4.08. The van der Waals surface area contributed by atoms with E-state index in [1.165, 1.54) is 21.3 Å². The summed E-state index contributed by atoms with van der Waals surface area (Å²) in [6.45, 7) is 4.64. The molecule has 0 aliphatic rings. The zero-order valence-corrected chi connectivity index (χ0v) is 15.9. The Bertz CT molecular complexity index is 729. The summed E-state index contributed by atoms with van der Waals surface area (Å²) in [6.07, 6.45) is 0.338. The van der Waals surface area contributed by atoms with Crippen molar-refractivity contribution in [2.75, 3.05) is 38.5 Å². The van der Waals surface area contributed by atoms with Crippen LogP contribution in [-0.2, 0) is 4.79 Å². The summed E-state index contributed by atoms with van der Waals surface area (Å²) in [6, 6.07) is 9.53. The Morgan fingerprint density at radius 1 is 0.962 bits per heavy atom. The van der Waals surface area contributed by atoms with E-state index >= 15 is 0 Å². The van der Waals surface area contributed by atoms with Crippen LogP contribution in [0.25, 0.3) is 0 Å². The average Bonchev–Trinajstić information content (AvgIpc) is 2.63. The Hall–Kier alpha value is -2.89. The van der Waals surface area contributed by atoms with Crippen molar-refractivity contribution < 1.29 is 19.0 Å². The van der Waals surface area contributed by atoms with Crippen molar-refractivity contribution >= 4 is 17.3 Å². The molecular weight excluding hydrogens is 332 g/mol. The lowest BCUT2D eigenvalue weighted by molar-refractivity contribution is -0.115. The van der Waals surface area contributed by atoms with E-state index in [1.807, 2.05) is 32.0 Å². The van der Waals surface area contributed by atoms with Crippen molar-refractivity contribution in [1.82, 2.24) is 0 Å². The third-order valence-electron chi connectivity index (χ3n) is 4.08. The minimum Gasteiger partial charge on any atom is -0.493 e. The van der Waals surface area contributed by atoms with E-state index in [9.17, 15) is 4.79 Å². The minimum absolute atomic E-state index is 0.0991. The van der Waals surface area contributed by atoms with Crippen molar-refractivity contribution in [3.05, 3.63) is 41.5 Å². The molecule has 0 unspecified atom stereocenters. The Labute approximate surface area is 154 Å². The van der Waals surface area contributed by atoms with Gasteiger partial charge in [-0.05, 0) is 25.0 Å². The van der Waals surface area contributed by atoms with Gasteiger partial charge in [-0.2, -0.15) is 0 Å². The summed E-state index contributed by atoms with van der Waals surface area (Å²) in [5, 5.41) is 6.19. The van der Waals surface area contributed by atoms with Crippen LogP contribution in [-0.4, -0.2) is 33.8 Å². The van der Waals surface area contributed by atoms with Crippen molar-refractivity contribution in [1.29, 1.82) is 0 Å². The van der Waals surface area contributed by atoms with Crippen LogP contribution in [0, 0.1) is 13.8 Å². The molecule has 0 aliphatic heterocycles. The van der Waals surface area contributed by atoms with E-state index < -0.39 is 0 Å². The number of aryl methyl sites for hydroxylation is 2. The largest absolute Gasteiger partial charge is 0.493 e. The second kappa shape index (κ2) is 8.99. The second-order valence-corrected chi connectivity index (χ2v) is 5.91. The predicted octanol–water partition coefficient (Wildman–Crippen LogP) is 3.77. The number of ether oxygens (including phenoxy) is 3. The first kappa shape index (κ1) is 19.4. The number of para-hydroxylation sites is 1. The maximum atomic E-state index is 12.3. The Morgan fingerprint density at radius 3 is 2.04 bits per heavy atom. The van der Waals surface area contributed by atoms with E-state index in [4.69, 9.17) is 14.2 Å². The van der Waals surface area contributed by atoms with Gasteiger partial charge in [0.25, 0.3) is 0 Å². The highest BCUT2D eigenvalue weighted by Gasteiger charge is 2.14. The highest BCUT2D eigenvalue weighted by Crippen LogP contribution is 2.39. The highest BCUT2D eigenvalue weighted by atomic mass is 16.5. The number of hydrogen-bond donors (Lipinski definition) is 2. The monoisotopic (exact) mass is 358 g/mol. The molecule has 6 nitrogen and oxygen atoms in total. The van der Waals surface area contributed by atoms with Crippen molar-refractivity contribution in [2.45, 2.75) is 20.3 Å². The van der Waals surface area contributed by atoms with Crippen LogP contribution in [0.3, 0.4) is 0 Å². The fraction of sp³-hybridized carbons (Fsp3) is 0.350. The van der Waals surface area contributed by atoms with Crippen LogP contribution in [0.4, 0.5) is 11.4 Å². The molecule has 0 aliphatic carbocycles. The molecule has 2 aromatic rings. The molecule has 0 fully saturated rings. The highest BCUT2D eigenvalue weighted by molar-refractivity contribution is 5.91. The molecule has 2 aromatic carbocycles. The molecule has 1 amide bonds. The molecule has 0 aromatic heterocycles. The lowest BCUT2D eigenvalue weighted by atomic mass is 10.1. The van der Waals surface area contributed by atoms with Crippen LogP contribution in [0.5, 0.6) is 17.2 Å². The molecule has 2 N–H and O–H groups in total. The molecule has 2 rings (SSSR count). The number of carbonyl (C=O) groups excluding carboxylic acids is 1. The number of methoxy groups -OCH3 is 3. The molecule has 26 heavy (non-hydrogen) atoms. The van der Waals surface area contributed by atoms with Gasteiger partial charge in [0.2, 0.25) is 11.7 Å². The number of amides is 1. The fourth-order valence-electron chi connectivity index (χ4n) is 2.77. The van der Waals surface area contributed by atoms with Gasteiger partial charge in [0.15, 0.2) is 11.5 Å². The number of hydrogen-bond acceptors (Lipinski definition) is 5. The van der Waals surface area contributed by atoms with Crippen LogP contribution < -0.4 is 24.8 Å². The average molecular weight is 358 g/mol. The van der Waals surface area contributed by atoms with Gasteiger partial charge in [0.1, 0.15) is 0 Å². The molecule has 6 heteroatoms. The summed E-state index contributed by atoms with van der Waals surface area (Å²) in [4.78, 5) is 12.3. The van der Waals surface area contributed by atoms with E-state index in [-0.39, 0.29) is 5.91 Å². The molecule has 0 saturated heterocycles. The van der Waals surface area contributed by atoms with Crippen LogP contribution in [0.2, 0.25) is 0 Å². The maximum Gasteiger partial charge on any atom is 0.226 e. The smallest absolute Gasteiger partial charge is 0.226 e. The lowest BCUT2D eigenvalue weighted by Gasteiger charge is -2.15. The van der Waals surface area contributed by atoms with Gasteiger partial charge in [0, 0.05) is 36.5 Å². The summed E-state index contributed by atoms with van der Waals surface area (Å²) in [7, 11) is 4.62. The SMILES string of the molecule is COc1cc(NC(=O)CCNc2c(C)cccc2C)cc(OC)c1OC. The lowest BCUT2D eigenvalue weighted by Crippen LogP contribution is -2.17. The number of carbonyl (C=O) groups is 1. The van der Waals surface area contributed by atoms with Crippen LogP contribution >= 0.6 is 0 Å². The Balaban J connectivity index is 1.99. The van der Waals surface area contributed by atoms with Gasteiger partial charge in [0.05, 0.1) is 21.3 Å². The van der Waals surface area contributed by atoms with Crippen molar-refractivity contribution in [2.24, 2.45) is 0 Å². The quantitative estimate of drug-likeness (QED) is 0.752. The fourth-order valence-corrected chi connectivity index (χ4v) is 2.77. The van der Waals surface area contributed by atoms with Crippen LogP contribution in [0.15, 0.2) is 30.3 Å². The molecular formula is C20H26N2O4. The summed E-state index contributed by atoms with van der Waals surface area (Å²) >= 11 is 0. The number of nitrogens with one attached hydrogen (secondary N) is 2. The van der Waals surface area contributed by atoms with Gasteiger partial charge in [-0.25, -0.2) is 0 Å². The maximum absolute atomic E-state index is 12.3. The van der Waals surface area contributed by atoms with Gasteiger partial charge in [-0.1, -0.05) is 18.2 Å². The van der Waals surface area contributed by atoms with Crippen molar-refractivity contribution in [3.63, 3.8) is 0 Å². The zero-order valence-electron chi connectivity index (χ0n) is 15.9. The molecule has 140 valence electrons. The third kappa shape index (κ3) is 4.59. The van der Waals surface area contributed by atoms with Gasteiger partial charge in [-0.15, -0.1) is 0 Å². The summed E-state index contributed by atoms with van der Waals surface area (Å²) in [5.41, 5.74) is 4.00. The molecule has 0 bridgehead atoms. The molecule has 0 atom stereocenters. The van der Waals surface area contributed by atoms with E-state index in [1.54, 1.807) is 12.1 Å². The first-order valence-electron chi connectivity index (χ1n) is 8.40. The topological polar surface area (TPSA) is 68.8 Å². The summed E-state index contributed by atoms with van der Waals surface area (Å²) in [5.74, 6) is 1.38. The van der Waals surface area contributed by atoms with Gasteiger partial charge >= 0.3 is 0 Å². The van der Waals surface area contributed by atoms with Gasteiger partial charge in [-0.3, -0.25) is 4.79 Å². The Morgan fingerprint density at radius 2 is 1.54 bits per heavy atom. The van der Waals surface area contributed by atoms with Crippen molar-refractivity contribution in [3.8, 4) is 17.2 Å². The van der Waals surface area contributed by atoms with E-state index in [0.717, 1.165) is 16.8 Å². The first-order chi connectivity index (χ1) is 12.5. The number of rotatable bonds is 8. The van der Waals surface area contributed by atoms with Gasteiger partial charge < -0.3 is 24.8 Å². The molecule has 0 heterocycles. The molecule has 0 radical (unpaired) electrons. The number of anilines is 2. The molecule has 0 saturated carbocycles. The number of benzene rings is 2. The predicted molar refractivity (Wildman–Crippen MR) is 104 cm³/mol. The Kier molecular flexibility index (Phi) is 6.72.